The summed E-state index contributed by atoms with van der Waals surface area (Å²) >= 11 is 6.65. The topological polar surface area (TPSA) is 95.0 Å². The molecular formula is C29H33ClN8O. The van der Waals surface area contributed by atoms with E-state index >= 15 is 0 Å². The first-order valence-corrected chi connectivity index (χ1v) is 14.4. The molecule has 0 radical (unpaired) electrons. The first-order valence-electron chi connectivity index (χ1n) is 14.0. The monoisotopic (exact) mass is 544 g/mol. The molecule has 4 heterocycles. The molecule has 10 heteroatoms. The number of nitrogens with one attached hydrogen (secondary N) is 2. The van der Waals surface area contributed by atoms with E-state index < -0.39 is 0 Å². The van der Waals surface area contributed by atoms with Gasteiger partial charge in [-0.15, -0.1) is 0 Å². The molecule has 39 heavy (non-hydrogen) atoms. The molecule has 2 aliphatic carbocycles. The minimum Gasteiger partial charge on any atom is -0.340 e. The zero-order chi connectivity index (χ0) is 26.5. The van der Waals surface area contributed by atoms with Gasteiger partial charge in [0.15, 0.2) is 0 Å². The maximum Gasteiger partial charge on any atom is 0.225 e. The summed E-state index contributed by atoms with van der Waals surface area (Å²) in [7, 11) is 0. The Morgan fingerprint density at radius 1 is 1.13 bits per heavy atom. The minimum absolute atomic E-state index is 0.222. The van der Waals surface area contributed by atoms with Crippen LogP contribution in [0.5, 0.6) is 0 Å². The molecule has 4 aromatic rings. The average Bonchev–Trinajstić information content (AvgIpc) is 3.87. The van der Waals surface area contributed by atoms with Gasteiger partial charge in [-0.05, 0) is 73.9 Å². The Hall–Kier alpha value is -3.43. The van der Waals surface area contributed by atoms with Crippen LogP contribution in [-0.4, -0.2) is 66.6 Å². The number of hydrogen-bond donors (Lipinski definition) is 2. The number of piperazine rings is 1. The highest BCUT2D eigenvalue weighted by atomic mass is 35.5. The lowest BCUT2D eigenvalue weighted by atomic mass is 10.1. The zero-order valence-electron chi connectivity index (χ0n) is 22.1. The molecule has 1 saturated heterocycles. The van der Waals surface area contributed by atoms with Gasteiger partial charge in [-0.1, -0.05) is 11.6 Å². The summed E-state index contributed by atoms with van der Waals surface area (Å²) in [6.07, 6.45) is 10.5. The first-order chi connectivity index (χ1) is 19.0. The average molecular weight is 545 g/mol. The van der Waals surface area contributed by atoms with Crippen LogP contribution in [0.25, 0.3) is 22.2 Å². The summed E-state index contributed by atoms with van der Waals surface area (Å²) in [6, 6.07) is 8.37. The van der Waals surface area contributed by atoms with Crippen LogP contribution in [0.2, 0.25) is 5.02 Å². The molecule has 2 saturated carbocycles. The highest BCUT2D eigenvalue weighted by molar-refractivity contribution is 6.35. The quantitative estimate of drug-likeness (QED) is 0.315. The fraction of sp³-hybridized carbons (Fsp3) is 0.448. The van der Waals surface area contributed by atoms with Gasteiger partial charge in [0.25, 0.3) is 0 Å². The van der Waals surface area contributed by atoms with Crippen molar-refractivity contribution in [2.24, 2.45) is 11.8 Å². The van der Waals surface area contributed by atoms with Crippen molar-refractivity contribution in [3.05, 3.63) is 53.4 Å². The van der Waals surface area contributed by atoms with E-state index in [4.69, 9.17) is 16.6 Å². The van der Waals surface area contributed by atoms with Gasteiger partial charge in [0.2, 0.25) is 11.9 Å². The lowest BCUT2D eigenvalue weighted by molar-refractivity contribution is -0.134. The molecule has 0 spiro atoms. The van der Waals surface area contributed by atoms with Gasteiger partial charge in [0.05, 0.1) is 16.7 Å². The molecule has 3 aromatic heterocycles. The summed E-state index contributed by atoms with van der Waals surface area (Å²) in [5.41, 5.74) is 4.81. The molecule has 1 aromatic carbocycles. The molecule has 1 aliphatic heterocycles. The number of aromatic nitrogens is 5. The standard InChI is InChI=1S/C29H33ClN8O/c1-18(36-8-10-37(11-9-36)28(39)20-4-5-20)21-6-7-31-26(14-21)34-29-33-25-13-22(12-24(30)27(25)35-29)23-15-32-38(17-23)16-19-2-3-19/h6-7,12-15,17-20H,2-5,8-11,16H2,1H3,(H2,31,33,34,35). The van der Waals surface area contributed by atoms with Crippen LogP contribution in [0.3, 0.4) is 0 Å². The highest BCUT2D eigenvalue weighted by Gasteiger charge is 2.35. The van der Waals surface area contributed by atoms with Crippen molar-refractivity contribution in [1.29, 1.82) is 0 Å². The Balaban J connectivity index is 1.04. The van der Waals surface area contributed by atoms with Gasteiger partial charge < -0.3 is 15.2 Å². The number of pyridine rings is 1. The Kier molecular flexibility index (Phi) is 6.28. The smallest absolute Gasteiger partial charge is 0.225 e. The molecule has 7 rings (SSSR count). The number of amides is 1. The van der Waals surface area contributed by atoms with Gasteiger partial charge in [0.1, 0.15) is 11.3 Å². The molecule has 3 fully saturated rings. The van der Waals surface area contributed by atoms with Gasteiger partial charge in [0, 0.05) is 62.6 Å². The van der Waals surface area contributed by atoms with Crippen LogP contribution >= 0.6 is 11.6 Å². The second-order valence-electron chi connectivity index (χ2n) is 11.2. The van der Waals surface area contributed by atoms with Gasteiger partial charge in [-0.25, -0.2) is 9.97 Å². The van der Waals surface area contributed by atoms with E-state index in [1.54, 1.807) is 0 Å². The van der Waals surface area contributed by atoms with E-state index in [-0.39, 0.29) is 6.04 Å². The maximum absolute atomic E-state index is 12.4. The second-order valence-corrected chi connectivity index (χ2v) is 11.7. The van der Waals surface area contributed by atoms with Crippen LogP contribution in [0, 0.1) is 11.8 Å². The van der Waals surface area contributed by atoms with Crippen LogP contribution < -0.4 is 5.32 Å². The lowest BCUT2D eigenvalue weighted by Crippen LogP contribution is -2.49. The van der Waals surface area contributed by atoms with E-state index in [2.05, 4.69) is 56.6 Å². The first kappa shape index (κ1) is 24.6. The largest absolute Gasteiger partial charge is 0.340 e. The highest BCUT2D eigenvalue weighted by Crippen LogP contribution is 2.34. The molecular weight excluding hydrogens is 512 g/mol. The third-order valence-corrected chi connectivity index (χ3v) is 8.55. The number of carbonyl (C=O) groups excluding carboxylic acids is 1. The number of imidazole rings is 1. The molecule has 202 valence electrons. The third kappa shape index (κ3) is 5.25. The van der Waals surface area contributed by atoms with Crippen molar-refractivity contribution in [3.63, 3.8) is 0 Å². The lowest BCUT2D eigenvalue weighted by Gasteiger charge is -2.38. The number of carbonyl (C=O) groups is 1. The van der Waals surface area contributed by atoms with Crippen molar-refractivity contribution < 1.29 is 4.79 Å². The number of anilines is 2. The number of hydrogen-bond acceptors (Lipinski definition) is 6. The van der Waals surface area contributed by atoms with Crippen molar-refractivity contribution in [2.75, 3.05) is 31.5 Å². The predicted molar refractivity (Wildman–Crippen MR) is 152 cm³/mol. The molecule has 2 N–H and O–H groups in total. The second kappa shape index (κ2) is 9.95. The molecule has 3 aliphatic rings. The Morgan fingerprint density at radius 3 is 2.72 bits per heavy atom. The predicted octanol–water partition coefficient (Wildman–Crippen LogP) is 5.24. The van der Waals surface area contributed by atoms with E-state index in [0.29, 0.717) is 22.8 Å². The normalized spacial score (nSPS) is 19.0. The van der Waals surface area contributed by atoms with Crippen LogP contribution in [0.4, 0.5) is 11.8 Å². The Labute approximate surface area is 232 Å². The number of aromatic amines is 1. The number of halogens is 1. The molecule has 1 unspecified atom stereocenters. The van der Waals surface area contributed by atoms with E-state index in [1.807, 2.05) is 28.0 Å². The van der Waals surface area contributed by atoms with Crippen LogP contribution in [0.1, 0.15) is 44.2 Å². The van der Waals surface area contributed by atoms with Crippen molar-refractivity contribution in [1.82, 2.24) is 34.5 Å². The van der Waals surface area contributed by atoms with Crippen molar-refractivity contribution in [2.45, 2.75) is 45.2 Å². The van der Waals surface area contributed by atoms with Crippen LogP contribution in [0.15, 0.2) is 42.9 Å². The van der Waals surface area contributed by atoms with Gasteiger partial charge in [-0.2, -0.15) is 5.10 Å². The number of rotatable bonds is 8. The fourth-order valence-corrected chi connectivity index (χ4v) is 5.77. The molecule has 9 nitrogen and oxygen atoms in total. The molecule has 1 amide bonds. The van der Waals surface area contributed by atoms with E-state index in [1.165, 1.54) is 18.4 Å². The Morgan fingerprint density at radius 2 is 1.95 bits per heavy atom. The van der Waals surface area contributed by atoms with Crippen molar-refractivity contribution in [3.8, 4) is 11.1 Å². The molecule has 0 bridgehead atoms. The number of H-pyrrole nitrogens is 1. The van der Waals surface area contributed by atoms with Crippen molar-refractivity contribution >= 4 is 40.3 Å². The third-order valence-electron chi connectivity index (χ3n) is 8.26. The van der Waals surface area contributed by atoms with Gasteiger partial charge >= 0.3 is 0 Å². The van der Waals surface area contributed by atoms with Gasteiger partial charge in [-0.3, -0.25) is 14.4 Å². The van der Waals surface area contributed by atoms with E-state index in [0.717, 1.165) is 79.5 Å². The summed E-state index contributed by atoms with van der Waals surface area (Å²) in [4.78, 5) is 29.5. The fourth-order valence-electron chi connectivity index (χ4n) is 5.50. The summed E-state index contributed by atoms with van der Waals surface area (Å²) in [5.74, 6) is 2.72. The zero-order valence-corrected chi connectivity index (χ0v) is 22.9. The minimum atomic E-state index is 0.222. The number of benzene rings is 1. The SMILES string of the molecule is CC(c1ccnc(Nc2nc3c(Cl)cc(-c4cnn(CC5CC5)c4)cc3[nH]2)c1)N1CCN(C(=O)C2CC2)CC1. The van der Waals surface area contributed by atoms with E-state index in [9.17, 15) is 4.79 Å². The maximum atomic E-state index is 12.4. The Bertz CT molecular complexity index is 1510. The van der Waals surface area contributed by atoms with Crippen LogP contribution in [-0.2, 0) is 11.3 Å². The number of fused-ring (bicyclic) bond motifs is 1. The summed E-state index contributed by atoms with van der Waals surface area (Å²) in [6.45, 7) is 6.57. The number of nitrogens with zero attached hydrogens (tertiary/aromatic N) is 6. The molecule has 1 atom stereocenters. The summed E-state index contributed by atoms with van der Waals surface area (Å²) in [5, 5.41) is 8.45. The summed E-state index contributed by atoms with van der Waals surface area (Å²) < 4.78 is 2.03.